The Kier molecular flexibility index (Phi) is 15.1. The van der Waals surface area contributed by atoms with Gasteiger partial charge < -0.3 is 7.16 Å². The van der Waals surface area contributed by atoms with Crippen molar-refractivity contribution in [2.75, 3.05) is 6.54 Å². The van der Waals surface area contributed by atoms with Crippen molar-refractivity contribution in [2.45, 2.75) is 45.3 Å². The number of rotatable bonds is 6. The maximum absolute atomic E-state index is 10.6. The van der Waals surface area contributed by atoms with Crippen molar-refractivity contribution in [2.24, 2.45) is 5.73 Å². The first-order chi connectivity index (χ1) is 5.52. The summed E-state index contributed by atoms with van der Waals surface area (Å²) in [4.78, 5) is 0. The summed E-state index contributed by atoms with van der Waals surface area (Å²) < 4.78 is 29.9. The van der Waals surface area contributed by atoms with Crippen molar-refractivity contribution >= 4 is 10.1 Å². The van der Waals surface area contributed by atoms with Crippen molar-refractivity contribution in [3.8, 4) is 0 Å². The quantitative estimate of drug-likeness (QED) is 0.335. The van der Waals surface area contributed by atoms with Crippen molar-refractivity contribution in [1.29, 1.82) is 0 Å². The zero-order chi connectivity index (χ0) is 9.61. The van der Waals surface area contributed by atoms with E-state index in [2.05, 4.69) is 0 Å². The third kappa shape index (κ3) is 9.43. The molecule has 0 aliphatic heterocycles. The number of nitrogens with two attached hydrogens (primary N) is 1. The van der Waals surface area contributed by atoms with Gasteiger partial charge in [-0.1, -0.05) is 33.6 Å². The van der Waals surface area contributed by atoms with E-state index in [0.717, 1.165) is 19.3 Å². The maximum Gasteiger partial charge on any atom is 1.00 e. The molecule has 0 aromatic carbocycles. The van der Waals surface area contributed by atoms with Crippen LogP contribution in [-0.4, -0.2) is 24.8 Å². The predicted molar refractivity (Wildman–Crippen MR) is 56.4 cm³/mol. The molecule has 0 spiro atoms. The smallest absolute Gasteiger partial charge is 1.00 e. The molecule has 84 valence electrons. The van der Waals surface area contributed by atoms with Crippen LogP contribution in [0.3, 0.4) is 0 Å². The van der Waals surface area contributed by atoms with Crippen LogP contribution in [0, 0.1) is 0 Å². The van der Waals surface area contributed by atoms with E-state index in [4.69, 9.17) is 10.3 Å². The van der Waals surface area contributed by atoms with Gasteiger partial charge in [0.1, 0.15) is 0 Å². The standard InChI is InChI=1S/C7H17NO3S.CH4.Na.H/c1-2-3-4-5-7(6-8)12(9,10)11;;;/h7H,2-6,8H2,1H3,(H,9,10,11);1H4;;/q;;+1;-1. The Bertz CT molecular complexity index is 212. The van der Waals surface area contributed by atoms with Crippen LogP contribution in [0.15, 0.2) is 0 Å². The van der Waals surface area contributed by atoms with Crippen LogP contribution in [0.2, 0.25) is 0 Å². The molecule has 4 nitrogen and oxygen atoms in total. The summed E-state index contributed by atoms with van der Waals surface area (Å²) in [5.74, 6) is 0. The van der Waals surface area contributed by atoms with E-state index in [9.17, 15) is 8.42 Å². The van der Waals surface area contributed by atoms with Crippen LogP contribution < -0.4 is 35.3 Å². The van der Waals surface area contributed by atoms with Crippen LogP contribution in [0.25, 0.3) is 0 Å². The molecule has 1 atom stereocenters. The Balaban J connectivity index is -0.000000202. The Morgan fingerprint density at radius 1 is 1.43 bits per heavy atom. The van der Waals surface area contributed by atoms with Crippen LogP contribution >= 0.6 is 0 Å². The molecule has 0 aliphatic rings. The Morgan fingerprint density at radius 3 is 2.21 bits per heavy atom. The molecule has 14 heavy (non-hydrogen) atoms. The minimum atomic E-state index is -3.92. The topological polar surface area (TPSA) is 80.4 Å². The van der Waals surface area contributed by atoms with E-state index in [1.54, 1.807) is 0 Å². The largest absolute Gasteiger partial charge is 1.00 e. The minimum absolute atomic E-state index is 0. The van der Waals surface area contributed by atoms with Gasteiger partial charge in [-0.3, -0.25) is 4.55 Å². The van der Waals surface area contributed by atoms with E-state index < -0.39 is 15.4 Å². The van der Waals surface area contributed by atoms with Gasteiger partial charge in [-0.25, -0.2) is 0 Å². The average Bonchev–Trinajstić information content (AvgIpc) is 1.95. The van der Waals surface area contributed by atoms with Crippen LogP contribution in [0.1, 0.15) is 41.5 Å². The summed E-state index contributed by atoms with van der Waals surface area (Å²) in [5.41, 5.74) is 5.20. The zero-order valence-electron chi connectivity index (χ0n) is 9.36. The summed E-state index contributed by atoms with van der Waals surface area (Å²) in [7, 11) is -3.92. The summed E-state index contributed by atoms with van der Waals surface area (Å²) in [6.07, 6.45) is 3.27. The second kappa shape index (κ2) is 10.4. The van der Waals surface area contributed by atoms with Gasteiger partial charge in [0.15, 0.2) is 0 Å². The number of unbranched alkanes of at least 4 members (excludes halogenated alkanes) is 2. The average molecular weight is 235 g/mol. The molecule has 0 aliphatic carbocycles. The molecule has 0 aromatic rings. The van der Waals surface area contributed by atoms with Gasteiger partial charge in [0.25, 0.3) is 10.1 Å². The fourth-order valence-corrected chi connectivity index (χ4v) is 1.72. The van der Waals surface area contributed by atoms with Gasteiger partial charge in [0, 0.05) is 6.54 Å². The molecule has 0 rings (SSSR count). The second-order valence-corrected chi connectivity index (χ2v) is 4.57. The molecule has 0 amide bonds. The zero-order valence-corrected chi connectivity index (χ0v) is 11.2. The fourth-order valence-electron chi connectivity index (χ4n) is 1.01. The summed E-state index contributed by atoms with van der Waals surface area (Å²) in [6.45, 7) is 2.04. The molecule has 0 saturated carbocycles. The van der Waals surface area contributed by atoms with Crippen molar-refractivity contribution in [3.05, 3.63) is 0 Å². The fraction of sp³-hybridized carbons (Fsp3) is 1.00. The third-order valence-electron chi connectivity index (χ3n) is 1.81. The molecule has 3 N–H and O–H groups in total. The molecule has 0 saturated heterocycles. The first-order valence-corrected chi connectivity index (χ1v) is 5.69. The van der Waals surface area contributed by atoms with E-state index in [0.29, 0.717) is 6.42 Å². The predicted octanol–water partition coefficient (Wildman–Crippen LogP) is -1.47. The Morgan fingerprint density at radius 2 is 1.93 bits per heavy atom. The second-order valence-electron chi connectivity index (χ2n) is 2.87. The third-order valence-corrected chi connectivity index (χ3v) is 3.08. The van der Waals surface area contributed by atoms with Crippen LogP contribution in [0.4, 0.5) is 0 Å². The molecule has 0 aromatic heterocycles. The molecular formula is C8H22NNaO3S. The summed E-state index contributed by atoms with van der Waals surface area (Å²) in [5, 5.41) is -0.774. The van der Waals surface area contributed by atoms with Crippen LogP contribution in [-0.2, 0) is 10.1 Å². The Hall–Kier alpha value is 0.870. The number of hydrogen-bond acceptors (Lipinski definition) is 3. The van der Waals surface area contributed by atoms with Gasteiger partial charge in [-0.15, -0.1) is 0 Å². The maximum atomic E-state index is 10.6. The first-order valence-electron chi connectivity index (χ1n) is 4.18. The van der Waals surface area contributed by atoms with Gasteiger partial charge in [0.05, 0.1) is 5.25 Å². The van der Waals surface area contributed by atoms with E-state index in [1.807, 2.05) is 6.92 Å². The molecule has 0 fully saturated rings. The first kappa shape index (κ1) is 20.3. The molecule has 0 bridgehead atoms. The minimum Gasteiger partial charge on any atom is -1.00 e. The molecule has 0 heterocycles. The molecule has 1 unspecified atom stereocenters. The van der Waals surface area contributed by atoms with Crippen molar-refractivity contribution in [3.63, 3.8) is 0 Å². The van der Waals surface area contributed by atoms with Gasteiger partial charge in [-0.05, 0) is 6.42 Å². The number of hydrogen-bond donors (Lipinski definition) is 2. The summed E-state index contributed by atoms with van der Waals surface area (Å²) >= 11 is 0. The van der Waals surface area contributed by atoms with Gasteiger partial charge in [0.2, 0.25) is 0 Å². The molecular weight excluding hydrogens is 213 g/mol. The summed E-state index contributed by atoms with van der Waals surface area (Å²) in [6, 6.07) is 0. The normalized spacial score (nSPS) is 12.5. The van der Waals surface area contributed by atoms with E-state index >= 15 is 0 Å². The van der Waals surface area contributed by atoms with Crippen molar-refractivity contribution < 1.29 is 44.0 Å². The van der Waals surface area contributed by atoms with Gasteiger partial charge in [-0.2, -0.15) is 8.42 Å². The van der Waals surface area contributed by atoms with Crippen molar-refractivity contribution in [1.82, 2.24) is 0 Å². The van der Waals surface area contributed by atoms with E-state index in [-0.39, 0.29) is 45.0 Å². The van der Waals surface area contributed by atoms with E-state index in [1.165, 1.54) is 0 Å². The monoisotopic (exact) mass is 235 g/mol. The Labute approximate surface area is 111 Å². The van der Waals surface area contributed by atoms with Gasteiger partial charge >= 0.3 is 29.6 Å². The SMILES string of the molecule is C.CCCCCC(CN)S(=O)(=O)O.[H-].[Na+]. The molecule has 0 radical (unpaired) electrons. The van der Waals surface area contributed by atoms with Crippen LogP contribution in [0.5, 0.6) is 0 Å². The molecule has 6 heteroatoms.